The first-order valence-electron chi connectivity index (χ1n) is 12.8. The van der Waals surface area contributed by atoms with E-state index in [9.17, 15) is 19.2 Å². The van der Waals surface area contributed by atoms with Gasteiger partial charge in [0.05, 0.1) is 6.61 Å². The molecule has 5 aliphatic rings. The molecule has 198 valence electrons. The molecule has 9 heteroatoms. The summed E-state index contributed by atoms with van der Waals surface area (Å²) in [5, 5.41) is 0. The summed E-state index contributed by atoms with van der Waals surface area (Å²) < 4.78 is 30.2. The fourth-order valence-electron chi connectivity index (χ4n) is 9.11. The van der Waals surface area contributed by atoms with Crippen molar-refractivity contribution in [3.8, 4) is 0 Å². The van der Waals surface area contributed by atoms with Crippen LogP contribution in [0.5, 0.6) is 0 Å². The van der Waals surface area contributed by atoms with E-state index in [0.29, 0.717) is 25.0 Å². The fraction of sp³-hybridized carbons (Fsp3) is 0.778. The quantitative estimate of drug-likeness (QED) is 0.324. The minimum absolute atomic E-state index is 0.0355. The molecule has 0 aromatic heterocycles. The van der Waals surface area contributed by atoms with E-state index in [-0.39, 0.29) is 23.5 Å². The number of rotatable bonds is 4. The van der Waals surface area contributed by atoms with Gasteiger partial charge in [-0.25, -0.2) is 0 Å². The summed E-state index contributed by atoms with van der Waals surface area (Å²) in [7, 11) is 1.59. The molecule has 4 aliphatic carbocycles. The van der Waals surface area contributed by atoms with Gasteiger partial charge < -0.3 is 23.7 Å². The summed E-state index contributed by atoms with van der Waals surface area (Å²) in [6, 6.07) is 0. The van der Waals surface area contributed by atoms with Crippen molar-refractivity contribution in [3.05, 3.63) is 12.2 Å². The molecule has 36 heavy (non-hydrogen) atoms. The van der Waals surface area contributed by atoms with Gasteiger partial charge in [0.1, 0.15) is 23.7 Å². The normalized spacial score (nSPS) is 46.9. The van der Waals surface area contributed by atoms with Crippen LogP contribution in [0.4, 0.5) is 0 Å². The van der Waals surface area contributed by atoms with Crippen molar-refractivity contribution in [1.82, 2.24) is 0 Å². The predicted molar refractivity (Wildman–Crippen MR) is 124 cm³/mol. The Balaban J connectivity index is 1.82. The molecule has 5 rings (SSSR count). The van der Waals surface area contributed by atoms with Crippen LogP contribution in [0.15, 0.2) is 12.2 Å². The van der Waals surface area contributed by atoms with Crippen molar-refractivity contribution in [3.63, 3.8) is 0 Å². The lowest BCUT2D eigenvalue weighted by molar-refractivity contribution is -0.362. The van der Waals surface area contributed by atoms with E-state index in [4.69, 9.17) is 23.7 Å². The van der Waals surface area contributed by atoms with Crippen LogP contribution in [-0.4, -0.2) is 62.0 Å². The Kier molecular flexibility index (Phi) is 5.91. The Bertz CT molecular complexity index is 1020. The summed E-state index contributed by atoms with van der Waals surface area (Å²) in [4.78, 5) is 51.5. The zero-order chi connectivity index (χ0) is 26.2. The molecule has 1 aliphatic heterocycles. The molecule has 0 radical (unpaired) electrons. The Labute approximate surface area is 211 Å². The van der Waals surface area contributed by atoms with Crippen molar-refractivity contribution in [1.29, 1.82) is 0 Å². The average Bonchev–Trinajstić information content (AvgIpc) is 2.90. The van der Waals surface area contributed by atoms with Crippen LogP contribution < -0.4 is 0 Å². The maximum atomic E-state index is 14.4. The van der Waals surface area contributed by atoms with Gasteiger partial charge in [-0.1, -0.05) is 19.9 Å². The smallest absolute Gasteiger partial charge is 0.302 e. The molecule has 1 saturated heterocycles. The van der Waals surface area contributed by atoms with Gasteiger partial charge in [-0.2, -0.15) is 0 Å². The third kappa shape index (κ3) is 3.14. The minimum atomic E-state index is -1.45. The molecule has 0 amide bonds. The zero-order valence-corrected chi connectivity index (χ0v) is 21.7. The first-order chi connectivity index (χ1) is 16.9. The number of carbonyl (C=O) groups is 4. The topological polar surface area (TPSA) is 114 Å². The molecule has 2 unspecified atom stereocenters. The minimum Gasteiger partial charge on any atom is -0.462 e. The monoisotopic (exact) mass is 504 g/mol. The molecule has 10 atom stereocenters. The third-order valence-corrected chi connectivity index (χ3v) is 9.89. The number of hydrogen-bond acceptors (Lipinski definition) is 9. The van der Waals surface area contributed by atoms with Gasteiger partial charge in [0.15, 0.2) is 12.1 Å². The second kappa shape index (κ2) is 8.38. The molecular weight excluding hydrogens is 468 g/mol. The average molecular weight is 505 g/mol. The van der Waals surface area contributed by atoms with Crippen LogP contribution in [0.1, 0.15) is 59.8 Å². The first kappa shape index (κ1) is 25.4. The van der Waals surface area contributed by atoms with E-state index < -0.39 is 65.2 Å². The summed E-state index contributed by atoms with van der Waals surface area (Å²) in [5.41, 5.74) is -2.11. The van der Waals surface area contributed by atoms with Crippen LogP contribution in [0.2, 0.25) is 0 Å². The van der Waals surface area contributed by atoms with Crippen LogP contribution in [0.3, 0.4) is 0 Å². The zero-order valence-electron chi connectivity index (χ0n) is 21.7. The number of hydrogen-bond donors (Lipinski definition) is 0. The van der Waals surface area contributed by atoms with E-state index in [1.165, 1.54) is 20.8 Å². The van der Waals surface area contributed by atoms with Crippen LogP contribution in [0, 0.1) is 34.0 Å². The number of carbonyl (C=O) groups excluding carboxylic acids is 4. The van der Waals surface area contributed by atoms with Gasteiger partial charge in [0.2, 0.25) is 0 Å². The Morgan fingerprint density at radius 3 is 2.28 bits per heavy atom. The molecule has 1 spiro atoms. The van der Waals surface area contributed by atoms with E-state index in [1.54, 1.807) is 7.11 Å². The number of methoxy groups -OCH3 is 1. The molecule has 0 aromatic rings. The van der Waals surface area contributed by atoms with Crippen molar-refractivity contribution in [2.45, 2.75) is 84.4 Å². The fourth-order valence-corrected chi connectivity index (χ4v) is 9.11. The number of esters is 3. The highest BCUT2D eigenvalue weighted by atomic mass is 16.7. The van der Waals surface area contributed by atoms with Crippen molar-refractivity contribution < 1.29 is 42.9 Å². The highest BCUT2D eigenvalue weighted by molar-refractivity contribution is 6.05. The van der Waals surface area contributed by atoms with Crippen molar-refractivity contribution >= 4 is 23.7 Å². The van der Waals surface area contributed by atoms with Gasteiger partial charge in [-0.05, 0) is 42.6 Å². The Morgan fingerprint density at radius 1 is 1.00 bits per heavy atom. The molecule has 9 nitrogen and oxygen atoms in total. The van der Waals surface area contributed by atoms with Crippen molar-refractivity contribution in [2.75, 3.05) is 13.7 Å². The second-order valence-electron chi connectivity index (χ2n) is 11.7. The molecule has 4 saturated carbocycles. The first-order valence-corrected chi connectivity index (χ1v) is 12.8. The lowest BCUT2D eigenvalue weighted by atomic mass is 9.37. The van der Waals surface area contributed by atoms with Gasteiger partial charge in [0, 0.05) is 45.1 Å². The predicted octanol–water partition coefficient (Wildman–Crippen LogP) is 2.74. The number of ketones is 1. The van der Waals surface area contributed by atoms with Gasteiger partial charge in [0.25, 0.3) is 0 Å². The number of ether oxygens (including phenoxy) is 5. The lowest BCUT2D eigenvalue weighted by Crippen LogP contribution is -2.76. The van der Waals surface area contributed by atoms with Gasteiger partial charge in [-0.15, -0.1) is 0 Å². The lowest BCUT2D eigenvalue weighted by Gasteiger charge is -2.70. The van der Waals surface area contributed by atoms with Crippen molar-refractivity contribution in [2.24, 2.45) is 34.0 Å². The summed E-state index contributed by atoms with van der Waals surface area (Å²) in [6.07, 6.45) is 0.0363. The number of fused-ring (bicyclic) bond motifs is 1. The summed E-state index contributed by atoms with van der Waals surface area (Å²) >= 11 is 0. The van der Waals surface area contributed by atoms with Crippen LogP contribution >= 0.6 is 0 Å². The maximum absolute atomic E-state index is 14.4. The molecule has 5 fully saturated rings. The number of Topliss-reactive ketones (excluding diaryl/α,β-unsaturated/α-hetero) is 1. The highest BCUT2D eigenvalue weighted by Crippen LogP contribution is 2.75. The Hall–Kier alpha value is -2.26. The molecule has 0 N–H and O–H groups in total. The van der Waals surface area contributed by atoms with E-state index in [1.807, 2.05) is 0 Å². The van der Waals surface area contributed by atoms with Gasteiger partial charge in [-0.3, -0.25) is 19.2 Å². The second-order valence-corrected chi connectivity index (χ2v) is 11.7. The molecule has 0 aromatic carbocycles. The summed E-state index contributed by atoms with van der Waals surface area (Å²) in [5.74, 6) is -3.05. The van der Waals surface area contributed by atoms with Crippen LogP contribution in [0.25, 0.3) is 0 Å². The molecular formula is C27H36O9. The standard InChI is InChI=1S/C27H36O9/c1-13-17-10-18(34-14(2)28)21-26-9-7-8-25(5,12-33-24(26)32-6)19(26)11-20(35-15(3)29)27(21,22(13)31)23(17)36-16(4)30/h17-21,23-24H,1,7-12H2,2-6H3/t17-,18-,19+,20+,21-,23+,24?,25-,26-,27?/m0/s1. The maximum Gasteiger partial charge on any atom is 0.302 e. The third-order valence-electron chi connectivity index (χ3n) is 9.89. The largest absolute Gasteiger partial charge is 0.462 e. The SMILES string of the molecule is C=C1C(=O)C23[C@H](OC(C)=O)[C@H]1C[C@H](OC(C)=O)[C@H]2[C@@]12CCC[C@@](C)(COC1OC)[C@H]2C[C@H]3OC(C)=O. The van der Waals surface area contributed by atoms with Gasteiger partial charge >= 0.3 is 17.9 Å². The molecule has 4 bridgehead atoms. The van der Waals surface area contributed by atoms with E-state index >= 15 is 0 Å². The molecule has 1 heterocycles. The van der Waals surface area contributed by atoms with E-state index in [0.717, 1.165) is 12.8 Å². The Morgan fingerprint density at radius 2 is 1.67 bits per heavy atom. The summed E-state index contributed by atoms with van der Waals surface area (Å²) in [6.45, 7) is 10.7. The van der Waals surface area contributed by atoms with Crippen LogP contribution in [-0.2, 0) is 42.9 Å². The highest BCUT2D eigenvalue weighted by Gasteiger charge is 2.82. The van der Waals surface area contributed by atoms with E-state index in [2.05, 4.69) is 13.5 Å².